The third-order valence-corrected chi connectivity index (χ3v) is 10.1. The molecule has 0 amide bonds. The molecule has 10 rings (SSSR count). The third kappa shape index (κ3) is 6.26. The van der Waals surface area contributed by atoms with E-state index in [1.165, 1.54) is 16.7 Å². The average molecular weight is 704 g/mol. The van der Waals surface area contributed by atoms with Crippen molar-refractivity contribution < 1.29 is 4.42 Å². The van der Waals surface area contributed by atoms with Crippen LogP contribution in [0.2, 0.25) is 0 Å². The zero-order chi connectivity index (χ0) is 36.6. The zero-order valence-electron chi connectivity index (χ0n) is 29.8. The Morgan fingerprint density at radius 2 is 0.691 bits per heavy atom. The predicted octanol–water partition coefficient (Wildman–Crippen LogP) is 13.4. The molecule has 8 aromatic carbocycles. The van der Waals surface area contributed by atoms with Gasteiger partial charge in [-0.2, -0.15) is 0 Å². The Labute approximate surface area is 319 Å². The van der Waals surface area contributed by atoms with Gasteiger partial charge in [0.1, 0.15) is 11.2 Å². The average Bonchev–Trinajstić information content (AvgIpc) is 3.66. The van der Waals surface area contributed by atoms with E-state index < -0.39 is 0 Å². The van der Waals surface area contributed by atoms with Crippen molar-refractivity contribution in [1.82, 2.24) is 15.0 Å². The lowest BCUT2D eigenvalue weighted by molar-refractivity contribution is 0.669. The van der Waals surface area contributed by atoms with Gasteiger partial charge in [-0.1, -0.05) is 158 Å². The van der Waals surface area contributed by atoms with Gasteiger partial charge in [0.25, 0.3) is 0 Å². The molecule has 0 fully saturated rings. The maximum Gasteiger partial charge on any atom is 0.164 e. The molecule has 0 aliphatic rings. The highest BCUT2D eigenvalue weighted by atomic mass is 16.3. The number of hydrogen-bond donors (Lipinski definition) is 0. The first-order chi connectivity index (χ1) is 27.2. The summed E-state index contributed by atoms with van der Waals surface area (Å²) in [6, 6.07) is 69.5. The Bertz CT molecular complexity index is 2900. The van der Waals surface area contributed by atoms with E-state index >= 15 is 0 Å². The molecule has 0 saturated heterocycles. The van der Waals surface area contributed by atoms with E-state index in [4.69, 9.17) is 19.4 Å². The molecule has 10 aromatic rings. The normalized spacial score (nSPS) is 11.3. The second-order valence-electron chi connectivity index (χ2n) is 13.6. The molecule has 0 N–H and O–H groups in total. The van der Waals surface area contributed by atoms with Gasteiger partial charge in [-0.15, -0.1) is 0 Å². The van der Waals surface area contributed by atoms with Crippen LogP contribution < -0.4 is 0 Å². The second kappa shape index (κ2) is 13.8. The highest BCUT2D eigenvalue weighted by molar-refractivity contribution is 6.13. The van der Waals surface area contributed by atoms with Crippen LogP contribution in [0.5, 0.6) is 0 Å². The molecule has 4 nitrogen and oxygen atoms in total. The fourth-order valence-corrected chi connectivity index (χ4v) is 7.39. The van der Waals surface area contributed by atoms with E-state index in [1.807, 2.05) is 72.8 Å². The minimum absolute atomic E-state index is 0.595. The first-order valence-electron chi connectivity index (χ1n) is 18.4. The summed E-state index contributed by atoms with van der Waals surface area (Å²) >= 11 is 0. The van der Waals surface area contributed by atoms with Gasteiger partial charge in [-0.3, -0.25) is 0 Å². The number of rotatable bonds is 7. The Morgan fingerprint density at radius 1 is 0.273 bits per heavy atom. The second-order valence-corrected chi connectivity index (χ2v) is 13.6. The molecule has 0 aliphatic heterocycles. The molecule has 0 aliphatic carbocycles. The molecule has 2 aromatic heterocycles. The van der Waals surface area contributed by atoms with E-state index in [1.54, 1.807) is 0 Å². The van der Waals surface area contributed by atoms with E-state index in [2.05, 4.69) is 127 Å². The van der Waals surface area contributed by atoms with Crippen molar-refractivity contribution in [3.05, 3.63) is 200 Å². The van der Waals surface area contributed by atoms with Crippen molar-refractivity contribution in [3.63, 3.8) is 0 Å². The molecule has 2 heterocycles. The summed E-state index contributed by atoms with van der Waals surface area (Å²) in [5, 5.41) is 1.97. The molecule has 0 saturated carbocycles. The van der Waals surface area contributed by atoms with Crippen LogP contribution in [0.15, 0.2) is 205 Å². The highest BCUT2D eigenvalue weighted by Gasteiger charge is 2.19. The molecule has 55 heavy (non-hydrogen) atoms. The number of nitrogens with zero attached hydrogens (tertiary/aromatic N) is 3. The topological polar surface area (TPSA) is 51.8 Å². The third-order valence-electron chi connectivity index (χ3n) is 10.1. The minimum atomic E-state index is 0.595. The van der Waals surface area contributed by atoms with E-state index in [0.29, 0.717) is 17.5 Å². The van der Waals surface area contributed by atoms with E-state index in [-0.39, 0.29) is 0 Å². The molecule has 0 bridgehead atoms. The van der Waals surface area contributed by atoms with Gasteiger partial charge in [0, 0.05) is 27.5 Å². The SMILES string of the molecule is c1ccc(-c2cccc(-c3cc(-c4ccccc4)cc(-c4ccc5oc6cccc(-c7nc(-c8ccccc8)nc(-c8ccccc8)n7)c6c5c4)c3)c2)cc1. The lowest BCUT2D eigenvalue weighted by Crippen LogP contribution is -2.00. The molecule has 0 spiro atoms. The van der Waals surface area contributed by atoms with Crippen LogP contribution >= 0.6 is 0 Å². The van der Waals surface area contributed by atoms with Gasteiger partial charge in [-0.05, 0) is 87.0 Å². The van der Waals surface area contributed by atoms with Crippen molar-refractivity contribution in [3.8, 4) is 78.7 Å². The number of furan rings is 1. The summed E-state index contributed by atoms with van der Waals surface area (Å²) in [6.45, 7) is 0. The van der Waals surface area contributed by atoms with Crippen LogP contribution in [0.4, 0.5) is 0 Å². The first kappa shape index (κ1) is 32.2. The van der Waals surface area contributed by atoms with Crippen LogP contribution in [0, 0.1) is 0 Å². The van der Waals surface area contributed by atoms with Gasteiger partial charge >= 0.3 is 0 Å². The van der Waals surface area contributed by atoms with Crippen molar-refractivity contribution >= 4 is 21.9 Å². The minimum Gasteiger partial charge on any atom is -0.456 e. The lowest BCUT2D eigenvalue weighted by atomic mass is 9.91. The number of hydrogen-bond acceptors (Lipinski definition) is 4. The van der Waals surface area contributed by atoms with Crippen molar-refractivity contribution in [2.24, 2.45) is 0 Å². The highest BCUT2D eigenvalue weighted by Crippen LogP contribution is 2.40. The Balaban J connectivity index is 1.15. The van der Waals surface area contributed by atoms with Gasteiger partial charge in [-0.25, -0.2) is 15.0 Å². The number of benzene rings is 8. The Hall–Kier alpha value is -7.43. The van der Waals surface area contributed by atoms with Crippen LogP contribution in [0.25, 0.3) is 101 Å². The van der Waals surface area contributed by atoms with Crippen LogP contribution in [0.3, 0.4) is 0 Å². The molecule has 258 valence electrons. The predicted molar refractivity (Wildman–Crippen MR) is 225 cm³/mol. The quantitative estimate of drug-likeness (QED) is 0.166. The summed E-state index contributed by atoms with van der Waals surface area (Å²) in [6.07, 6.45) is 0. The summed E-state index contributed by atoms with van der Waals surface area (Å²) in [5.74, 6) is 1.84. The van der Waals surface area contributed by atoms with Crippen LogP contribution in [-0.2, 0) is 0 Å². The fourth-order valence-electron chi connectivity index (χ4n) is 7.39. The standard InChI is InChI=1S/C51H33N3O/c1-5-15-34(16-6-1)38-23-13-24-39(29-38)42-30-41(35-17-7-2-8-18-35)31-43(32-42)40-27-28-46-45(33-40)48-44(25-14-26-47(48)55-46)51-53-49(36-19-9-3-10-20-36)52-50(54-51)37-21-11-4-12-22-37/h1-33H. The van der Waals surface area contributed by atoms with Gasteiger partial charge < -0.3 is 4.42 Å². The molecule has 4 heteroatoms. The summed E-state index contributed by atoms with van der Waals surface area (Å²) in [5.41, 5.74) is 13.6. The fraction of sp³-hybridized carbons (Fsp3) is 0. The Kier molecular flexibility index (Phi) is 8.12. The number of fused-ring (bicyclic) bond motifs is 3. The molecule has 0 unspecified atom stereocenters. The van der Waals surface area contributed by atoms with Crippen molar-refractivity contribution in [1.29, 1.82) is 0 Å². The molecule has 0 atom stereocenters. The van der Waals surface area contributed by atoms with Gasteiger partial charge in [0.2, 0.25) is 0 Å². The first-order valence-corrected chi connectivity index (χ1v) is 18.4. The van der Waals surface area contributed by atoms with Crippen LogP contribution in [0.1, 0.15) is 0 Å². The van der Waals surface area contributed by atoms with Gasteiger partial charge in [0.15, 0.2) is 17.5 Å². The summed E-state index contributed by atoms with van der Waals surface area (Å²) in [4.78, 5) is 15.1. The number of aromatic nitrogens is 3. The smallest absolute Gasteiger partial charge is 0.164 e. The molecule has 0 radical (unpaired) electrons. The lowest BCUT2D eigenvalue weighted by Gasteiger charge is -2.13. The van der Waals surface area contributed by atoms with E-state index in [9.17, 15) is 0 Å². The monoisotopic (exact) mass is 703 g/mol. The van der Waals surface area contributed by atoms with Gasteiger partial charge in [0.05, 0.1) is 0 Å². The summed E-state index contributed by atoms with van der Waals surface area (Å²) < 4.78 is 6.51. The Morgan fingerprint density at radius 3 is 1.27 bits per heavy atom. The molecular weight excluding hydrogens is 671 g/mol. The summed E-state index contributed by atoms with van der Waals surface area (Å²) in [7, 11) is 0. The van der Waals surface area contributed by atoms with E-state index in [0.717, 1.165) is 66.4 Å². The van der Waals surface area contributed by atoms with Crippen molar-refractivity contribution in [2.45, 2.75) is 0 Å². The maximum absolute atomic E-state index is 6.51. The van der Waals surface area contributed by atoms with Crippen molar-refractivity contribution in [2.75, 3.05) is 0 Å². The largest absolute Gasteiger partial charge is 0.456 e. The molecular formula is C51H33N3O. The van der Waals surface area contributed by atoms with Crippen LogP contribution in [-0.4, -0.2) is 15.0 Å². The zero-order valence-corrected chi connectivity index (χ0v) is 29.8. The maximum atomic E-state index is 6.51.